The van der Waals surface area contributed by atoms with E-state index < -0.39 is 23.6 Å². The van der Waals surface area contributed by atoms with Crippen LogP contribution in [-0.4, -0.2) is 38.2 Å². The van der Waals surface area contributed by atoms with Crippen molar-refractivity contribution in [1.82, 2.24) is 14.7 Å². The molecule has 1 heterocycles. The van der Waals surface area contributed by atoms with Gasteiger partial charge in [-0.3, -0.25) is 14.3 Å². The van der Waals surface area contributed by atoms with Crippen LogP contribution in [0.3, 0.4) is 0 Å². The van der Waals surface area contributed by atoms with Crippen molar-refractivity contribution in [3.8, 4) is 0 Å². The van der Waals surface area contributed by atoms with Crippen LogP contribution in [0.15, 0.2) is 36.7 Å². The zero-order chi connectivity index (χ0) is 17.7. The SMILES string of the molecule is CC(C(=O)N(CCC(=O)O)Cc1ccc(F)c(F)c1)n1cccn1. The summed E-state index contributed by atoms with van der Waals surface area (Å²) in [5.41, 5.74) is 0.375. The summed E-state index contributed by atoms with van der Waals surface area (Å²) in [5.74, 6) is -3.40. The second-order valence-electron chi connectivity index (χ2n) is 5.31. The Balaban J connectivity index is 2.18. The van der Waals surface area contributed by atoms with E-state index in [4.69, 9.17) is 5.11 Å². The lowest BCUT2D eigenvalue weighted by atomic mass is 10.1. The number of carboxylic acid groups (broad SMARTS) is 1. The molecule has 0 fully saturated rings. The molecule has 1 unspecified atom stereocenters. The summed E-state index contributed by atoms with van der Waals surface area (Å²) in [4.78, 5) is 24.7. The molecule has 24 heavy (non-hydrogen) atoms. The number of aliphatic carboxylic acids is 1. The molecular weight excluding hydrogens is 320 g/mol. The van der Waals surface area contributed by atoms with Gasteiger partial charge in [-0.2, -0.15) is 5.10 Å². The molecule has 1 N–H and O–H groups in total. The molecule has 0 radical (unpaired) electrons. The molecule has 0 aliphatic carbocycles. The van der Waals surface area contributed by atoms with Gasteiger partial charge in [0.25, 0.3) is 0 Å². The van der Waals surface area contributed by atoms with Crippen molar-refractivity contribution in [1.29, 1.82) is 0 Å². The highest BCUT2D eigenvalue weighted by atomic mass is 19.2. The molecule has 2 rings (SSSR count). The second-order valence-corrected chi connectivity index (χ2v) is 5.31. The van der Waals surface area contributed by atoms with Gasteiger partial charge in [0.15, 0.2) is 11.6 Å². The van der Waals surface area contributed by atoms with Crippen LogP contribution in [-0.2, 0) is 16.1 Å². The molecule has 1 aromatic carbocycles. The predicted octanol–water partition coefficient (Wildman–Crippen LogP) is 2.23. The zero-order valence-corrected chi connectivity index (χ0v) is 13.0. The minimum atomic E-state index is -1.05. The first-order valence-electron chi connectivity index (χ1n) is 7.32. The molecule has 8 heteroatoms. The largest absolute Gasteiger partial charge is 0.481 e. The third-order valence-corrected chi connectivity index (χ3v) is 3.54. The normalized spacial score (nSPS) is 12.0. The lowest BCUT2D eigenvalue weighted by Gasteiger charge is -2.25. The molecule has 0 bridgehead atoms. The maximum absolute atomic E-state index is 13.3. The Morgan fingerprint density at radius 3 is 2.67 bits per heavy atom. The van der Waals surface area contributed by atoms with E-state index in [1.54, 1.807) is 19.2 Å². The lowest BCUT2D eigenvalue weighted by Crippen LogP contribution is -2.37. The van der Waals surface area contributed by atoms with E-state index in [1.165, 1.54) is 21.8 Å². The fourth-order valence-electron chi connectivity index (χ4n) is 2.24. The summed E-state index contributed by atoms with van der Waals surface area (Å²) in [6.45, 7) is 1.57. The Kier molecular flexibility index (Phi) is 5.62. The number of carboxylic acids is 1. The maximum atomic E-state index is 13.3. The Hall–Kier alpha value is -2.77. The van der Waals surface area contributed by atoms with Crippen LogP contribution in [0, 0.1) is 11.6 Å². The number of aromatic nitrogens is 2. The average molecular weight is 337 g/mol. The number of hydrogen-bond donors (Lipinski definition) is 1. The van der Waals surface area contributed by atoms with Gasteiger partial charge < -0.3 is 10.0 Å². The fraction of sp³-hybridized carbons (Fsp3) is 0.312. The molecular formula is C16H17F2N3O3. The molecule has 0 saturated carbocycles. The third-order valence-electron chi connectivity index (χ3n) is 3.54. The first-order valence-corrected chi connectivity index (χ1v) is 7.32. The Morgan fingerprint density at radius 2 is 2.08 bits per heavy atom. The molecule has 6 nitrogen and oxygen atoms in total. The molecule has 0 aliphatic rings. The molecule has 1 aromatic heterocycles. The summed E-state index contributed by atoms with van der Waals surface area (Å²) in [5, 5.41) is 12.8. The zero-order valence-electron chi connectivity index (χ0n) is 13.0. The van der Waals surface area contributed by atoms with Crippen molar-refractivity contribution in [2.24, 2.45) is 0 Å². The summed E-state index contributed by atoms with van der Waals surface area (Å²) in [6.07, 6.45) is 2.90. The number of halogens is 2. The minimum absolute atomic E-state index is 0.0189. The van der Waals surface area contributed by atoms with E-state index in [2.05, 4.69) is 5.10 Å². The number of carbonyl (C=O) groups excluding carboxylic acids is 1. The summed E-state index contributed by atoms with van der Waals surface area (Å²) in [6, 6.07) is 4.36. The minimum Gasteiger partial charge on any atom is -0.481 e. The first kappa shape index (κ1) is 17.6. The Morgan fingerprint density at radius 1 is 1.33 bits per heavy atom. The van der Waals surface area contributed by atoms with E-state index in [0.29, 0.717) is 5.56 Å². The quantitative estimate of drug-likeness (QED) is 0.841. The van der Waals surface area contributed by atoms with E-state index in [0.717, 1.165) is 12.1 Å². The average Bonchev–Trinajstić information content (AvgIpc) is 3.07. The number of carbonyl (C=O) groups is 2. The van der Waals surface area contributed by atoms with Gasteiger partial charge in [0.2, 0.25) is 5.91 Å². The van der Waals surface area contributed by atoms with Crippen molar-refractivity contribution < 1.29 is 23.5 Å². The van der Waals surface area contributed by atoms with Gasteiger partial charge in [-0.25, -0.2) is 8.78 Å². The molecule has 0 aliphatic heterocycles. The van der Waals surface area contributed by atoms with Crippen LogP contribution in [0.1, 0.15) is 24.9 Å². The van der Waals surface area contributed by atoms with Crippen molar-refractivity contribution in [3.63, 3.8) is 0 Å². The van der Waals surface area contributed by atoms with E-state index in [1.807, 2.05) is 0 Å². The topological polar surface area (TPSA) is 75.4 Å². The van der Waals surface area contributed by atoms with E-state index >= 15 is 0 Å². The Labute approximate surface area is 137 Å². The number of hydrogen-bond acceptors (Lipinski definition) is 3. The van der Waals surface area contributed by atoms with Crippen molar-refractivity contribution in [3.05, 3.63) is 53.9 Å². The van der Waals surface area contributed by atoms with Crippen LogP contribution < -0.4 is 0 Å². The summed E-state index contributed by atoms with van der Waals surface area (Å²) >= 11 is 0. The molecule has 128 valence electrons. The fourth-order valence-corrected chi connectivity index (χ4v) is 2.24. The highest BCUT2D eigenvalue weighted by Crippen LogP contribution is 2.15. The summed E-state index contributed by atoms with van der Waals surface area (Å²) in [7, 11) is 0. The standard InChI is InChI=1S/C16H17F2N3O3/c1-11(21-7-2-6-19-21)16(24)20(8-5-15(22)23)10-12-3-4-13(17)14(18)9-12/h2-4,6-7,9,11H,5,8,10H2,1H3,(H,22,23). The highest BCUT2D eigenvalue weighted by Gasteiger charge is 2.23. The van der Waals surface area contributed by atoms with Gasteiger partial charge in [0, 0.05) is 25.5 Å². The molecule has 0 spiro atoms. The van der Waals surface area contributed by atoms with Crippen LogP contribution >= 0.6 is 0 Å². The highest BCUT2D eigenvalue weighted by molar-refractivity contribution is 5.80. The van der Waals surface area contributed by atoms with Crippen LogP contribution in [0.4, 0.5) is 8.78 Å². The van der Waals surface area contributed by atoms with Gasteiger partial charge in [-0.15, -0.1) is 0 Å². The Bertz CT molecular complexity index is 719. The molecule has 0 saturated heterocycles. The van der Waals surface area contributed by atoms with Crippen LogP contribution in [0.25, 0.3) is 0 Å². The smallest absolute Gasteiger partial charge is 0.305 e. The molecule has 1 amide bonds. The van der Waals surface area contributed by atoms with Gasteiger partial charge >= 0.3 is 5.97 Å². The monoisotopic (exact) mass is 337 g/mol. The number of amides is 1. The van der Waals surface area contributed by atoms with E-state index in [9.17, 15) is 18.4 Å². The number of nitrogens with zero attached hydrogens (tertiary/aromatic N) is 3. The maximum Gasteiger partial charge on any atom is 0.305 e. The van der Waals surface area contributed by atoms with Gasteiger partial charge in [0.1, 0.15) is 6.04 Å². The second kappa shape index (κ2) is 7.67. The van der Waals surface area contributed by atoms with Gasteiger partial charge in [-0.05, 0) is 30.7 Å². The van der Waals surface area contributed by atoms with Crippen molar-refractivity contribution >= 4 is 11.9 Å². The van der Waals surface area contributed by atoms with E-state index in [-0.39, 0.29) is 25.4 Å². The van der Waals surface area contributed by atoms with Crippen LogP contribution in [0.5, 0.6) is 0 Å². The predicted molar refractivity (Wildman–Crippen MR) is 81.0 cm³/mol. The first-order chi connectivity index (χ1) is 11.4. The van der Waals surface area contributed by atoms with Gasteiger partial charge in [-0.1, -0.05) is 6.07 Å². The van der Waals surface area contributed by atoms with Crippen molar-refractivity contribution in [2.45, 2.75) is 25.9 Å². The number of benzene rings is 1. The third kappa shape index (κ3) is 4.37. The molecule has 2 aromatic rings. The molecule has 1 atom stereocenters. The lowest BCUT2D eigenvalue weighted by molar-refractivity contribution is -0.139. The van der Waals surface area contributed by atoms with Crippen LogP contribution in [0.2, 0.25) is 0 Å². The summed E-state index contributed by atoms with van der Waals surface area (Å²) < 4.78 is 27.8. The number of rotatable bonds is 7. The van der Waals surface area contributed by atoms with Crippen molar-refractivity contribution in [2.75, 3.05) is 6.54 Å². The van der Waals surface area contributed by atoms with Gasteiger partial charge in [0.05, 0.1) is 6.42 Å².